The van der Waals surface area contributed by atoms with Crippen LogP contribution in [0.4, 0.5) is 11.4 Å². The van der Waals surface area contributed by atoms with Crippen molar-refractivity contribution in [1.29, 1.82) is 0 Å². The number of nitrogens with zero attached hydrogens (tertiary/aromatic N) is 1. The minimum atomic E-state index is -0.671. The first-order valence-corrected chi connectivity index (χ1v) is 10.7. The molecule has 2 N–H and O–H groups in total. The number of carbonyl (C=O) groups is 2. The van der Waals surface area contributed by atoms with Gasteiger partial charge in [-0.2, -0.15) is 0 Å². The second-order valence-electron chi connectivity index (χ2n) is 6.86. The number of ether oxygens (including phenoxy) is 2. The molecule has 0 unspecified atom stereocenters. The summed E-state index contributed by atoms with van der Waals surface area (Å²) in [6.45, 7) is 0. The Bertz CT molecular complexity index is 1240. The molecule has 0 aliphatic rings. The van der Waals surface area contributed by atoms with E-state index in [1.54, 1.807) is 54.6 Å². The molecule has 2 amide bonds. The van der Waals surface area contributed by atoms with Gasteiger partial charge in [0.15, 0.2) is 11.5 Å². The molecule has 0 saturated carbocycles. The number of amides is 2. The van der Waals surface area contributed by atoms with Crippen molar-refractivity contribution in [1.82, 2.24) is 5.32 Å². The Morgan fingerprint density at radius 1 is 0.971 bits per heavy atom. The number of carbonyl (C=O) groups excluding carboxylic acids is 2. The Labute approximate surface area is 203 Å². The smallest absolute Gasteiger partial charge is 0.280 e. The lowest BCUT2D eigenvalue weighted by Crippen LogP contribution is -2.30. The molecule has 0 spiro atoms. The number of hydrogen-bond donors (Lipinski definition) is 2. The van der Waals surface area contributed by atoms with E-state index in [4.69, 9.17) is 9.47 Å². The second kappa shape index (κ2) is 11.1. The van der Waals surface area contributed by atoms with E-state index in [-0.39, 0.29) is 28.4 Å². The number of nitro benzene ring substituents is 1. The summed E-state index contributed by atoms with van der Waals surface area (Å²) < 4.78 is 11.2. The zero-order chi connectivity index (χ0) is 24.7. The summed E-state index contributed by atoms with van der Waals surface area (Å²) in [6.07, 6.45) is 1.22. The van der Waals surface area contributed by atoms with Crippen molar-refractivity contribution < 1.29 is 24.0 Å². The number of hydrogen-bond acceptors (Lipinski definition) is 6. The summed E-state index contributed by atoms with van der Waals surface area (Å²) >= 11 is 3.32. The standard InChI is InChI=1S/C24H20BrN3O6/c1-33-21-13-16(20(28(31)32)14-22(21)34-2)12-19(27-23(29)15-6-4-3-5-7-15)24(30)26-18-10-8-17(25)9-11-18/h3-14H,1-2H3,(H,26,30)(H,27,29)/b19-12-. The Balaban J connectivity index is 2.06. The van der Waals surface area contributed by atoms with Crippen molar-refractivity contribution in [3.63, 3.8) is 0 Å². The van der Waals surface area contributed by atoms with Crippen molar-refractivity contribution >= 4 is 45.2 Å². The normalized spacial score (nSPS) is 10.9. The second-order valence-corrected chi connectivity index (χ2v) is 7.78. The van der Waals surface area contributed by atoms with Crippen LogP contribution in [0, 0.1) is 10.1 Å². The third-order valence-electron chi connectivity index (χ3n) is 4.66. The van der Waals surface area contributed by atoms with E-state index in [2.05, 4.69) is 26.6 Å². The third kappa shape index (κ3) is 5.99. The molecular weight excluding hydrogens is 506 g/mol. The molecule has 0 heterocycles. The summed E-state index contributed by atoms with van der Waals surface area (Å²) in [5, 5.41) is 16.9. The molecule has 9 nitrogen and oxygen atoms in total. The lowest BCUT2D eigenvalue weighted by atomic mass is 10.1. The number of anilines is 1. The fourth-order valence-electron chi connectivity index (χ4n) is 2.99. The zero-order valence-corrected chi connectivity index (χ0v) is 19.8. The summed E-state index contributed by atoms with van der Waals surface area (Å²) in [4.78, 5) is 36.9. The van der Waals surface area contributed by atoms with Crippen LogP contribution in [0.2, 0.25) is 0 Å². The molecule has 0 radical (unpaired) electrons. The van der Waals surface area contributed by atoms with Crippen LogP contribution in [-0.4, -0.2) is 31.0 Å². The van der Waals surface area contributed by atoms with Gasteiger partial charge >= 0.3 is 0 Å². The summed E-state index contributed by atoms with van der Waals surface area (Å²) in [6, 6.07) is 17.6. The van der Waals surface area contributed by atoms with Crippen LogP contribution in [-0.2, 0) is 4.79 Å². The molecule has 0 aromatic heterocycles. The third-order valence-corrected chi connectivity index (χ3v) is 5.19. The monoisotopic (exact) mass is 525 g/mol. The van der Waals surface area contributed by atoms with E-state index in [0.717, 1.165) is 4.47 Å². The van der Waals surface area contributed by atoms with E-state index in [1.807, 2.05) is 0 Å². The SMILES string of the molecule is COc1cc(/C=C(\NC(=O)c2ccccc2)C(=O)Nc2ccc(Br)cc2)c([N+](=O)[O-])cc1OC. The first-order valence-electron chi connectivity index (χ1n) is 9.87. The van der Waals surface area contributed by atoms with E-state index < -0.39 is 16.7 Å². The average Bonchev–Trinajstić information content (AvgIpc) is 2.84. The highest BCUT2D eigenvalue weighted by atomic mass is 79.9. The molecule has 34 heavy (non-hydrogen) atoms. The largest absolute Gasteiger partial charge is 0.493 e. The quantitative estimate of drug-likeness (QED) is 0.248. The number of halogens is 1. The van der Waals surface area contributed by atoms with Gasteiger partial charge in [-0.25, -0.2) is 0 Å². The molecule has 0 fully saturated rings. The van der Waals surface area contributed by atoms with Crippen LogP contribution in [0.3, 0.4) is 0 Å². The summed E-state index contributed by atoms with van der Waals surface area (Å²) in [7, 11) is 2.74. The van der Waals surface area contributed by atoms with Gasteiger partial charge in [-0.1, -0.05) is 34.1 Å². The Morgan fingerprint density at radius 3 is 2.18 bits per heavy atom. The molecule has 3 aromatic carbocycles. The Hall–Kier alpha value is -4.18. The maximum atomic E-state index is 13.1. The van der Waals surface area contributed by atoms with Gasteiger partial charge in [0.25, 0.3) is 17.5 Å². The van der Waals surface area contributed by atoms with Gasteiger partial charge in [0.2, 0.25) is 0 Å². The lowest BCUT2D eigenvalue weighted by molar-refractivity contribution is -0.385. The average molecular weight is 526 g/mol. The molecule has 0 bridgehead atoms. The Kier molecular flexibility index (Phi) is 7.99. The highest BCUT2D eigenvalue weighted by Gasteiger charge is 2.22. The minimum absolute atomic E-state index is 0.0389. The van der Waals surface area contributed by atoms with Gasteiger partial charge in [-0.3, -0.25) is 19.7 Å². The van der Waals surface area contributed by atoms with Crippen LogP contribution in [0.25, 0.3) is 6.08 Å². The number of methoxy groups -OCH3 is 2. The van der Waals surface area contributed by atoms with E-state index in [0.29, 0.717) is 11.3 Å². The topological polar surface area (TPSA) is 120 Å². The van der Waals surface area contributed by atoms with Crippen molar-refractivity contribution in [2.45, 2.75) is 0 Å². The Morgan fingerprint density at radius 2 is 1.59 bits per heavy atom. The maximum Gasteiger partial charge on any atom is 0.280 e. The maximum absolute atomic E-state index is 13.1. The lowest BCUT2D eigenvalue weighted by Gasteiger charge is -2.13. The van der Waals surface area contributed by atoms with Crippen LogP contribution < -0.4 is 20.1 Å². The molecule has 0 aliphatic heterocycles. The fourth-order valence-corrected chi connectivity index (χ4v) is 3.25. The molecule has 174 valence electrons. The molecule has 3 aromatic rings. The predicted molar refractivity (Wildman–Crippen MR) is 131 cm³/mol. The van der Waals surface area contributed by atoms with Crippen LogP contribution >= 0.6 is 15.9 Å². The fraction of sp³-hybridized carbons (Fsp3) is 0.0833. The van der Waals surface area contributed by atoms with Gasteiger partial charge in [-0.05, 0) is 48.5 Å². The number of nitrogens with one attached hydrogen (secondary N) is 2. The summed E-state index contributed by atoms with van der Waals surface area (Å²) in [5.74, 6) is -0.849. The van der Waals surface area contributed by atoms with Crippen LogP contribution in [0.15, 0.2) is 76.9 Å². The molecule has 0 aliphatic carbocycles. The van der Waals surface area contributed by atoms with E-state index in [1.165, 1.54) is 32.4 Å². The number of nitro groups is 1. The minimum Gasteiger partial charge on any atom is -0.493 e. The van der Waals surface area contributed by atoms with Gasteiger partial charge in [-0.15, -0.1) is 0 Å². The highest BCUT2D eigenvalue weighted by molar-refractivity contribution is 9.10. The number of rotatable bonds is 8. The van der Waals surface area contributed by atoms with Gasteiger partial charge < -0.3 is 20.1 Å². The molecule has 0 atom stereocenters. The predicted octanol–water partition coefficient (Wildman–Crippen LogP) is 4.78. The van der Waals surface area contributed by atoms with Gasteiger partial charge in [0, 0.05) is 15.7 Å². The summed E-state index contributed by atoms with van der Waals surface area (Å²) in [5.41, 5.74) is 0.283. The van der Waals surface area contributed by atoms with Crippen molar-refractivity contribution in [2.75, 3.05) is 19.5 Å². The van der Waals surface area contributed by atoms with Crippen LogP contribution in [0.1, 0.15) is 15.9 Å². The molecular formula is C24H20BrN3O6. The highest BCUT2D eigenvalue weighted by Crippen LogP contribution is 2.35. The molecule has 10 heteroatoms. The van der Waals surface area contributed by atoms with Crippen LogP contribution in [0.5, 0.6) is 11.5 Å². The number of benzene rings is 3. The first kappa shape index (κ1) is 24.5. The molecule has 0 saturated heterocycles. The van der Waals surface area contributed by atoms with Gasteiger partial charge in [0.1, 0.15) is 5.70 Å². The zero-order valence-electron chi connectivity index (χ0n) is 18.2. The molecule has 3 rings (SSSR count). The van der Waals surface area contributed by atoms with Crippen molar-refractivity contribution in [3.8, 4) is 11.5 Å². The van der Waals surface area contributed by atoms with Crippen molar-refractivity contribution in [3.05, 3.63) is 98.1 Å². The van der Waals surface area contributed by atoms with E-state index in [9.17, 15) is 19.7 Å². The van der Waals surface area contributed by atoms with Gasteiger partial charge in [0.05, 0.1) is 30.8 Å². The van der Waals surface area contributed by atoms with E-state index >= 15 is 0 Å². The van der Waals surface area contributed by atoms with Crippen molar-refractivity contribution in [2.24, 2.45) is 0 Å². The first-order chi connectivity index (χ1) is 16.3.